The van der Waals surface area contributed by atoms with Gasteiger partial charge >= 0.3 is 0 Å². The molecule has 3 aliphatic heterocycles. The summed E-state index contributed by atoms with van der Waals surface area (Å²) in [7, 11) is -0.261. The Bertz CT molecular complexity index is 1290. The van der Waals surface area contributed by atoms with E-state index in [0.717, 1.165) is 0 Å². The minimum Gasteiger partial charge on any atom is -0.345 e. The normalized spacial score (nSPS) is 25.1. The van der Waals surface area contributed by atoms with Gasteiger partial charge in [0.05, 0.1) is 25.2 Å². The molecule has 1 unspecified atom stereocenters. The van der Waals surface area contributed by atoms with Crippen molar-refractivity contribution in [1.82, 2.24) is 24.0 Å². The number of likely N-dealkylation sites (tertiary alicyclic amines) is 1. The van der Waals surface area contributed by atoms with Crippen molar-refractivity contribution in [2.45, 2.75) is 36.1 Å². The molecule has 190 valence electrons. The average Bonchev–Trinajstić information content (AvgIpc) is 3.33. The molecule has 1 N–H and O–H groups in total. The van der Waals surface area contributed by atoms with Crippen LogP contribution in [0.15, 0.2) is 29.3 Å². The van der Waals surface area contributed by atoms with Crippen molar-refractivity contribution in [3.63, 3.8) is 0 Å². The predicted octanol–water partition coefficient (Wildman–Crippen LogP) is 1.32. The van der Waals surface area contributed by atoms with Crippen LogP contribution >= 0.6 is 11.6 Å². The molecule has 35 heavy (non-hydrogen) atoms. The van der Waals surface area contributed by atoms with E-state index in [1.165, 1.54) is 4.31 Å². The van der Waals surface area contributed by atoms with Crippen LogP contribution < -0.4 is 0 Å². The Hall–Kier alpha value is -2.18. The molecule has 2 amide bonds. The second-order valence-electron chi connectivity index (χ2n) is 10.1. The summed E-state index contributed by atoms with van der Waals surface area (Å²) in [5.74, 6) is -0.266. The summed E-state index contributed by atoms with van der Waals surface area (Å²) >= 11 is 6.07. The summed E-state index contributed by atoms with van der Waals surface area (Å²) in [4.78, 5) is 33.6. The van der Waals surface area contributed by atoms with E-state index in [4.69, 9.17) is 16.3 Å². The number of sulfonamides is 1. The zero-order chi connectivity index (χ0) is 25.2. The number of piperazine rings is 1. The number of fused-ring (bicyclic) bond motifs is 2. The quantitative estimate of drug-likeness (QED) is 0.648. The smallest absolute Gasteiger partial charge is 0.259 e. The van der Waals surface area contributed by atoms with Crippen molar-refractivity contribution in [2.24, 2.45) is 0 Å². The molecule has 12 heteroatoms. The number of benzene rings is 1. The molecule has 0 bridgehead atoms. The number of amides is 2. The number of halogens is 1. The highest BCUT2D eigenvalue weighted by atomic mass is 35.5. The Morgan fingerprint density at radius 3 is 2.57 bits per heavy atom. The lowest BCUT2D eigenvalue weighted by atomic mass is 9.91. The van der Waals surface area contributed by atoms with Crippen LogP contribution in [0.5, 0.6) is 0 Å². The van der Waals surface area contributed by atoms with Crippen molar-refractivity contribution in [1.29, 1.82) is 0 Å². The monoisotopic (exact) mass is 523 g/mol. The molecule has 4 heterocycles. The first-order valence-corrected chi connectivity index (χ1v) is 13.4. The van der Waals surface area contributed by atoms with Gasteiger partial charge < -0.3 is 24.4 Å². The van der Waals surface area contributed by atoms with E-state index in [1.807, 2.05) is 19.0 Å². The van der Waals surface area contributed by atoms with E-state index >= 15 is 0 Å². The zero-order valence-corrected chi connectivity index (χ0v) is 21.7. The molecule has 10 nitrogen and oxygen atoms in total. The molecule has 1 atom stereocenters. The van der Waals surface area contributed by atoms with Gasteiger partial charge in [0.1, 0.15) is 5.03 Å². The first kappa shape index (κ1) is 24.5. The topological polar surface area (TPSA) is 106 Å². The first-order chi connectivity index (χ1) is 16.4. The number of H-pyrrole nitrogens is 1. The summed E-state index contributed by atoms with van der Waals surface area (Å²) < 4.78 is 35.3. The number of nitrogens with one attached hydrogen (secondary N) is 1. The van der Waals surface area contributed by atoms with Crippen molar-refractivity contribution in [3.8, 4) is 0 Å². The van der Waals surface area contributed by atoms with Gasteiger partial charge in [0.15, 0.2) is 5.72 Å². The Labute approximate surface area is 209 Å². The molecule has 5 rings (SSSR count). The van der Waals surface area contributed by atoms with Crippen LogP contribution in [0.1, 0.15) is 19.8 Å². The predicted molar refractivity (Wildman–Crippen MR) is 130 cm³/mol. The standard InChI is InChI=1S/C23H30ClN5O5S/c1-16(30)27-8-6-22(7-9-27)13-29-21(31)12-28(15-23(29,34-22)14-26(2)3)35(32,33)20-11-17-10-18(24)4-5-19(17)25-20/h4-5,10-11,25H,6-9,12-15H2,1-3H3. The Morgan fingerprint density at radius 2 is 1.91 bits per heavy atom. The van der Waals surface area contributed by atoms with Crippen LogP contribution in [-0.4, -0.2) is 109 Å². The molecule has 3 saturated heterocycles. The number of aromatic nitrogens is 1. The molecule has 1 aromatic heterocycles. The molecule has 3 aliphatic rings. The molecule has 0 radical (unpaired) electrons. The number of carbonyl (C=O) groups is 2. The van der Waals surface area contributed by atoms with Gasteiger partial charge in [-0.15, -0.1) is 0 Å². The second-order valence-corrected chi connectivity index (χ2v) is 12.4. The molecule has 2 aromatic rings. The van der Waals surface area contributed by atoms with E-state index in [1.54, 1.807) is 41.0 Å². The maximum atomic E-state index is 13.7. The number of aromatic amines is 1. The fraction of sp³-hybridized carbons (Fsp3) is 0.565. The SMILES string of the molecule is CC(=O)N1CCC2(CC1)CN1C(=O)CN(S(=O)(=O)c3cc4cc(Cl)ccc4[nH]3)CC1(CN(C)C)O2. The fourth-order valence-electron chi connectivity index (χ4n) is 5.60. The van der Waals surface area contributed by atoms with Gasteiger partial charge in [-0.05, 0) is 51.2 Å². The van der Waals surface area contributed by atoms with Crippen LogP contribution in [0, 0.1) is 0 Å². The highest BCUT2D eigenvalue weighted by molar-refractivity contribution is 7.89. The van der Waals surface area contributed by atoms with E-state index in [9.17, 15) is 18.0 Å². The average molecular weight is 524 g/mol. The van der Waals surface area contributed by atoms with Gasteiger partial charge in [0, 0.05) is 42.5 Å². The van der Waals surface area contributed by atoms with Gasteiger partial charge in [0.25, 0.3) is 10.0 Å². The lowest BCUT2D eigenvalue weighted by molar-refractivity contribution is -0.185. The van der Waals surface area contributed by atoms with Gasteiger partial charge in [-0.3, -0.25) is 9.59 Å². The number of nitrogens with zero attached hydrogens (tertiary/aromatic N) is 4. The third kappa shape index (κ3) is 4.23. The van der Waals surface area contributed by atoms with Crippen molar-refractivity contribution < 1.29 is 22.7 Å². The third-order valence-corrected chi connectivity index (χ3v) is 9.19. The summed E-state index contributed by atoms with van der Waals surface area (Å²) in [5, 5.41) is 1.20. The number of carbonyl (C=O) groups excluding carboxylic acids is 2. The number of ether oxygens (including phenoxy) is 1. The number of rotatable bonds is 4. The van der Waals surface area contributed by atoms with Gasteiger partial charge in [-0.1, -0.05) is 11.6 Å². The number of hydrogen-bond acceptors (Lipinski definition) is 6. The van der Waals surface area contributed by atoms with Crippen molar-refractivity contribution in [2.75, 3.05) is 53.4 Å². The van der Waals surface area contributed by atoms with Crippen LogP contribution in [0.25, 0.3) is 10.9 Å². The van der Waals surface area contributed by atoms with E-state index in [0.29, 0.717) is 54.9 Å². The Morgan fingerprint density at radius 1 is 1.20 bits per heavy atom. The molecule has 1 aromatic carbocycles. The summed E-state index contributed by atoms with van der Waals surface area (Å²) in [5.41, 5.74) is -1.07. The largest absolute Gasteiger partial charge is 0.345 e. The molecular weight excluding hydrogens is 494 g/mol. The lowest BCUT2D eigenvalue weighted by Crippen LogP contribution is -2.66. The molecule has 0 saturated carbocycles. The summed E-state index contributed by atoms with van der Waals surface area (Å²) in [6.45, 7) is 3.16. The highest BCUT2D eigenvalue weighted by Crippen LogP contribution is 2.44. The van der Waals surface area contributed by atoms with E-state index < -0.39 is 21.3 Å². The van der Waals surface area contributed by atoms with Crippen LogP contribution in [-0.2, 0) is 24.3 Å². The molecular formula is C23H30ClN5O5S. The van der Waals surface area contributed by atoms with Gasteiger partial charge in [-0.2, -0.15) is 4.31 Å². The Balaban J connectivity index is 1.47. The van der Waals surface area contributed by atoms with Crippen LogP contribution in [0.3, 0.4) is 0 Å². The first-order valence-electron chi connectivity index (χ1n) is 11.6. The van der Waals surface area contributed by atoms with E-state index in [2.05, 4.69) is 4.98 Å². The maximum Gasteiger partial charge on any atom is 0.259 e. The van der Waals surface area contributed by atoms with Gasteiger partial charge in [-0.25, -0.2) is 8.42 Å². The number of likely N-dealkylation sites (N-methyl/N-ethyl adjacent to an activating group) is 1. The fourth-order valence-corrected chi connectivity index (χ4v) is 7.22. The van der Waals surface area contributed by atoms with Crippen LogP contribution in [0.4, 0.5) is 0 Å². The van der Waals surface area contributed by atoms with E-state index in [-0.39, 0.29) is 29.9 Å². The highest BCUT2D eigenvalue weighted by Gasteiger charge is 2.61. The number of piperidine rings is 1. The molecule has 3 fully saturated rings. The maximum absolute atomic E-state index is 13.7. The zero-order valence-electron chi connectivity index (χ0n) is 20.1. The minimum absolute atomic E-state index is 0.0125. The minimum atomic E-state index is -4.01. The lowest BCUT2D eigenvalue weighted by Gasteiger charge is -2.46. The molecule has 0 aliphatic carbocycles. The summed E-state index contributed by atoms with van der Waals surface area (Å²) in [6, 6.07) is 6.65. The van der Waals surface area contributed by atoms with Gasteiger partial charge in [0.2, 0.25) is 11.8 Å². The Kier molecular flexibility index (Phi) is 5.92. The molecule has 1 spiro atoms. The van der Waals surface area contributed by atoms with Crippen molar-refractivity contribution in [3.05, 3.63) is 29.3 Å². The van der Waals surface area contributed by atoms with Crippen molar-refractivity contribution >= 4 is 44.3 Å². The second kappa shape index (κ2) is 8.45. The number of hydrogen-bond donors (Lipinski definition) is 1. The summed E-state index contributed by atoms with van der Waals surface area (Å²) in [6.07, 6.45) is 1.20. The third-order valence-electron chi connectivity index (χ3n) is 7.24. The van der Waals surface area contributed by atoms with Crippen LogP contribution in [0.2, 0.25) is 5.02 Å².